The van der Waals surface area contributed by atoms with Crippen molar-refractivity contribution in [1.82, 2.24) is 5.32 Å². The van der Waals surface area contributed by atoms with E-state index in [2.05, 4.69) is 22.5 Å². The highest BCUT2D eigenvalue weighted by Gasteiger charge is 2.06. The molecule has 3 N–H and O–H groups in total. The van der Waals surface area contributed by atoms with Crippen molar-refractivity contribution in [3.8, 4) is 11.8 Å². The Bertz CT molecular complexity index is 561. The predicted octanol–water partition coefficient (Wildman–Crippen LogP) is 1.15. The van der Waals surface area contributed by atoms with E-state index >= 15 is 0 Å². The molecule has 2 amide bonds. The number of hydrogen-bond acceptors (Lipinski definition) is 3. The Morgan fingerprint density at radius 2 is 2.15 bits per heavy atom. The van der Waals surface area contributed by atoms with E-state index in [0.29, 0.717) is 22.7 Å². The minimum atomic E-state index is -0.373. The van der Waals surface area contributed by atoms with Crippen LogP contribution in [0.15, 0.2) is 18.2 Å². The molecule has 106 valence electrons. The topological polar surface area (TPSA) is 78.4 Å². The molecule has 0 aliphatic heterocycles. The minimum Gasteiger partial charge on any atom is -0.395 e. The largest absolute Gasteiger partial charge is 0.395 e. The van der Waals surface area contributed by atoms with E-state index in [-0.39, 0.29) is 25.0 Å². The van der Waals surface area contributed by atoms with Crippen molar-refractivity contribution in [2.24, 2.45) is 0 Å². The number of benzene rings is 1. The lowest BCUT2D eigenvalue weighted by atomic mass is 10.2. The summed E-state index contributed by atoms with van der Waals surface area (Å²) in [5, 5.41) is 14.0. The van der Waals surface area contributed by atoms with Crippen LogP contribution in [0.1, 0.15) is 18.9 Å². The summed E-state index contributed by atoms with van der Waals surface area (Å²) in [5.41, 5.74) is 1.11. The molecular formula is C14H15ClN2O3. The second-order valence-electron chi connectivity index (χ2n) is 3.93. The summed E-state index contributed by atoms with van der Waals surface area (Å²) >= 11 is 5.97. The Morgan fingerprint density at radius 3 is 2.80 bits per heavy atom. The van der Waals surface area contributed by atoms with E-state index in [1.165, 1.54) is 6.92 Å². The van der Waals surface area contributed by atoms with E-state index in [9.17, 15) is 9.59 Å². The van der Waals surface area contributed by atoms with Gasteiger partial charge in [-0.3, -0.25) is 9.59 Å². The lowest BCUT2D eigenvalue weighted by Crippen LogP contribution is -2.31. The normalized spacial score (nSPS) is 9.35. The maximum Gasteiger partial charge on any atom is 0.243 e. The zero-order valence-electron chi connectivity index (χ0n) is 11.0. The van der Waals surface area contributed by atoms with Crippen molar-refractivity contribution < 1.29 is 14.7 Å². The highest BCUT2D eigenvalue weighted by molar-refractivity contribution is 6.33. The van der Waals surface area contributed by atoms with Gasteiger partial charge in [0.25, 0.3) is 0 Å². The fourth-order valence-corrected chi connectivity index (χ4v) is 1.48. The minimum absolute atomic E-state index is 0.000891. The zero-order chi connectivity index (χ0) is 15.0. The third-order valence-corrected chi connectivity index (χ3v) is 2.54. The van der Waals surface area contributed by atoms with Crippen molar-refractivity contribution in [2.75, 3.05) is 18.5 Å². The number of carbonyl (C=O) groups excluding carboxylic acids is 2. The number of amides is 2. The second-order valence-corrected chi connectivity index (χ2v) is 4.34. The quantitative estimate of drug-likeness (QED) is 0.729. The summed E-state index contributed by atoms with van der Waals surface area (Å²) in [6.45, 7) is 1.21. The molecule has 0 saturated carbocycles. The molecule has 0 unspecified atom stereocenters. The first kappa shape index (κ1) is 16.0. The maximum absolute atomic E-state index is 11.6. The Kier molecular flexibility index (Phi) is 6.57. The van der Waals surface area contributed by atoms with Crippen LogP contribution in [-0.4, -0.2) is 30.1 Å². The van der Waals surface area contributed by atoms with Crippen LogP contribution >= 0.6 is 11.6 Å². The van der Waals surface area contributed by atoms with Gasteiger partial charge in [0.1, 0.15) is 0 Å². The molecule has 0 saturated heterocycles. The number of aliphatic hydroxyl groups is 1. The van der Waals surface area contributed by atoms with Gasteiger partial charge >= 0.3 is 0 Å². The number of nitrogens with one attached hydrogen (secondary N) is 2. The third-order valence-electron chi connectivity index (χ3n) is 2.21. The number of carbonyl (C=O) groups is 2. The fourth-order valence-electron chi connectivity index (χ4n) is 1.32. The van der Waals surface area contributed by atoms with Crippen LogP contribution in [0.4, 0.5) is 5.69 Å². The van der Waals surface area contributed by atoms with Gasteiger partial charge in [-0.15, -0.1) is 0 Å². The van der Waals surface area contributed by atoms with Gasteiger partial charge in [-0.2, -0.15) is 0 Å². The lowest BCUT2D eigenvalue weighted by Gasteiger charge is -2.08. The van der Waals surface area contributed by atoms with Crippen LogP contribution in [0.25, 0.3) is 0 Å². The smallest absolute Gasteiger partial charge is 0.243 e. The molecule has 6 heteroatoms. The summed E-state index contributed by atoms with van der Waals surface area (Å²) in [6.07, 6.45) is 0.382. The molecule has 0 spiro atoms. The Hall–Kier alpha value is -2.03. The number of hydrogen-bond donors (Lipinski definition) is 3. The molecule has 0 aliphatic rings. The molecule has 0 radical (unpaired) electrons. The summed E-state index contributed by atoms with van der Waals surface area (Å²) in [7, 11) is 0. The van der Waals surface area contributed by atoms with Gasteiger partial charge in [-0.1, -0.05) is 23.4 Å². The second kappa shape index (κ2) is 8.20. The average molecular weight is 295 g/mol. The van der Waals surface area contributed by atoms with Crippen LogP contribution < -0.4 is 10.6 Å². The van der Waals surface area contributed by atoms with E-state index in [1.807, 2.05) is 0 Å². The third kappa shape index (κ3) is 5.74. The molecule has 0 bridgehead atoms. The maximum atomic E-state index is 11.6. The Morgan fingerprint density at radius 1 is 1.40 bits per heavy atom. The monoisotopic (exact) mass is 294 g/mol. The van der Waals surface area contributed by atoms with Crippen molar-refractivity contribution in [1.29, 1.82) is 0 Å². The van der Waals surface area contributed by atoms with E-state index in [0.717, 1.165) is 0 Å². The standard InChI is InChI=1S/C14H15ClN2O3/c1-10(19)16-9-14(20)17-13-8-11(4-2-3-7-18)5-6-12(13)15/h5-6,8,18H,3,7,9H2,1H3,(H,16,19)(H,17,20). The van der Waals surface area contributed by atoms with Crippen molar-refractivity contribution in [2.45, 2.75) is 13.3 Å². The van der Waals surface area contributed by atoms with Gasteiger partial charge in [0.2, 0.25) is 11.8 Å². The molecule has 1 aromatic carbocycles. The van der Waals surface area contributed by atoms with Crippen LogP contribution in [0.5, 0.6) is 0 Å². The van der Waals surface area contributed by atoms with E-state index in [1.54, 1.807) is 18.2 Å². The van der Waals surface area contributed by atoms with Crippen LogP contribution in [0, 0.1) is 11.8 Å². The van der Waals surface area contributed by atoms with Gasteiger partial charge < -0.3 is 15.7 Å². The van der Waals surface area contributed by atoms with Gasteiger partial charge in [0, 0.05) is 18.9 Å². The SMILES string of the molecule is CC(=O)NCC(=O)Nc1cc(C#CCCO)ccc1Cl. The summed E-state index contributed by atoms with van der Waals surface area (Å²) in [5.74, 6) is 4.97. The summed E-state index contributed by atoms with van der Waals surface area (Å²) < 4.78 is 0. The lowest BCUT2D eigenvalue weighted by molar-refractivity contribution is -0.122. The molecule has 0 aromatic heterocycles. The fraction of sp³-hybridized carbons (Fsp3) is 0.286. The van der Waals surface area contributed by atoms with Crippen molar-refractivity contribution >= 4 is 29.1 Å². The summed E-state index contributed by atoms with van der Waals surface area (Å²) in [6, 6.07) is 4.98. The Balaban J connectivity index is 2.74. The van der Waals surface area contributed by atoms with Gasteiger partial charge in [0.05, 0.1) is 23.9 Å². The highest BCUT2D eigenvalue weighted by Crippen LogP contribution is 2.22. The first-order valence-corrected chi connectivity index (χ1v) is 6.34. The van der Waals surface area contributed by atoms with Gasteiger partial charge in [-0.05, 0) is 18.2 Å². The molecule has 1 aromatic rings. The van der Waals surface area contributed by atoms with Gasteiger partial charge in [0.15, 0.2) is 0 Å². The van der Waals surface area contributed by atoms with Gasteiger partial charge in [-0.25, -0.2) is 0 Å². The molecular weight excluding hydrogens is 280 g/mol. The number of rotatable bonds is 4. The molecule has 5 nitrogen and oxygen atoms in total. The Labute approximate surface area is 122 Å². The highest BCUT2D eigenvalue weighted by atomic mass is 35.5. The summed E-state index contributed by atoms with van der Waals surface area (Å²) in [4.78, 5) is 22.3. The number of aliphatic hydroxyl groups excluding tert-OH is 1. The van der Waals surface area contributed by atoms with Crippen LogP contribution in [0.2, 0.25) is 5.02 Å². The van der Waals surface area contributed by atoms with Crippen LogP contribution in [-0.2, 0) is 9.59 Å². The molecule has 0 heterocycles. The van der Waals surface area contributed by atoms with Crippen molar-refractivity contribution in [3.63, 3.8) is 0 Å². The average Bonchev–Trinajstić information content (AvgIpc) is 2.40. The van der Waals surface area contributed by atoms with Crippen molar-refractivity contribution in [3.05, 3.63) is 28.8 Å². The first-order valence-electron chi connectivity index (χ1n) is 5.96. The zero-order valence-corrected chi connectivity index (χ0v) is 11.8. The molecule has 0 fully saturated rings. The number of halogens is 1. The first-order chi connectivity index (χ1) is 9.52. The molecule has 1 rings (SSSR count). The number of anilines is 1. The molecule has 0 atom stereocenters. The molecule has 20 heavy (non-hydrogen) atoms. The van der Waals surface area contributed by atoms with Crippen LogP contribution in [0.3, 0.4) is 0 Å². The molecule has 0 aliphatic carbocycles. The van der Waals surface area contributed by atoms with E-state index in [4.69, 9.17) is 16.7 Å². The predicted molar refractivity (Wildman–Crippen MR) is 77.3 cm³/mol. The van der Waals surface area contributed by atoms with E-state index < -0.39 is 0 Å².